The molecule has 0 aliphatic heterocycles. The minimum Gasteiger partial charge on any atom is -0.369 e. The van der Waals surface area contributed by atoms with Crippen LogP contribution in [0.1, 0.15) is 27.7 Å². The average Bonchev–Trinajstić information content (AvgIpc) is 2.11. The molecule has 0 amide bonds. The summed E-state index contributed by atoms with van der Waals surface area (Å²) in [6.45, 7) is 8.90. The van der Waals surface area contributed by atoms with Crippen molar-refractivity contribution in [3.63, 3.8) is 0 Å². The molecule has 1 aromatic rings. The molecule has 1 heterocycles. The number of pyridine rings is 1. The number of hydrogen-bond acceptors (Lipinski definition) is 3. The Bertz CT molecular complexity index is 372. The van der Waals surface area contributed by atoms with E-state index in [2.05, 4.69) is 15.6 Å². The van der Waals surface area contributed by atoms with Gasteiger partial charge in [-0.2, -0.15) is 0 Å². The molecule has 0 bridgehead atoms. The van der Waals surface area contributed by atoms with Crippen molar-refractivity contribution < 1.29 is 0 Å². The Morgan fingerprint density at radius 1 is 1.19 bits per heavy atom. The topological polar surface area (TPSA) is 37.0 Å². The first-order chi connectivity index (χ1) is 7.33. The van der Waals surface area contributed by atoms with E-state index in [1.54, 1.807) is 6.07 Å². The van der Waals surface area contributed by atoms with Crippen LogP contribution in [0.4, 0.5) is 11.6 Å². The van der Waals surface area contributed by atoms with E-state index in [0.29, 0.717) is 21.7 Å². The van der Waals surface area contributed by atoms with Gasteiger partial charge in [-0.1, -0.05) is 23.2 Å². The highest BCUT2D eigenvalue weighted by molar-refractivity contribution is 6.37. The highest BCUT2D eigenvalue weighted by atomic mass is 35.5. The number of halogens is 2. The summed E-state index contributed by atoms with van der Waals surface area (Å²) in [6.07, 6.45) is 0. The predicted molar refractivity (Wildman–Crippen MR) is 71.8 cm³/mol. The first kappa shape index (κ1) is 13.4. The van der Waals surface area contributed by atoms with Crippen molar-refractivity contribution in [2.24, 2.45) is 0 Å². The van der Waals surface area contributed by atoms with Crippen molar-refractivity contribution >= 4 is 34.8 Å². The highest BCUT2D eigenvalue weighted by Crippen LogP contribution is 2.30. The molecule has 1 rings (SSSR count). The first-order valence-corrected chi connectivity index (χ1v) is 5.97. The number of nitrogens with one attached hydrogen (secondary N) is 2. The molecule has 0 saturated heterocycles. The molecule has 90 valence electrons. The van der Waals surface area contributed by atoms with Gasteiger partial charge in [-0.3, -0.25) is 0 Å². The summed E-state index contributed by atoms with van der Waals surface area (Å²) in [4.78, 5) is 4.36. The lowest BCUT2D eigenvalue weighted by Gasteiger charge is -2.22. The van der Waals surface area contributed by atoms with Crippen LogP contribution >= 0.6 is 23.2 Å². The third-order valence-electron chi connectivity index (χ3n) is 1.77. The zero-order valence-electron chi connectivity index (χ0n) is 9.99. The minimum absolute atomic E-state index is 0.0893. The van der Waals surface area contributed by atoms with E-state index in [1.165, 1.54) is 0 Å². The van der Waals surface area contributed by atoms with Gasteiger partial charge >= 0.3 is 0 Å². The van der Waals surface area contributed by atoms with Crippen LogP contribution in [-0.4, -0.2) is 17.1 Å². The first-order valence-electron chi connectivity index (χ1n) is 5.21. The molecule has 0 radical (unpaired) electrons. The second kappa shape index (κ2) is 5.11. The normalized spacial score (nSPS) is 11.4. The molecule has 5 heteroatoms. The number of rotatable bonds is 3. The van der Waals surface area contributed by atoms with Crippen molar-refractivity contribution in [3.05, 3.63) is 16.1 Å². The smallest absolute Gasteiger partial charge is 0.147 e. The van der Waals surface area contributed by atoms with Crippen molar-refractivity contribution in [2.75, 3.05) is 17.2 Å². The lowest BCUT2D eigenvalue weighted by Crippen LogP contribution is -2.27. The van der Waals surface area contributed by atoms with Crippen LogP contribution in [0.3, 0.4) is 0 Å². The molecule has 0 saturated carbocycles. The SMILES string of the molecule is CCNc1nc(NC(C)(C)C)c(Cl)cc1Cl. The van der Waals surface area contributed by atoms with Crippen LogP contribution < -0.4 is 10.6 Å². The second-order valence-corrected chi connectivity index (χ2v) is 5.37. The van der Waals surface area contributed by atoms with Crippen molar-refractivity contribution in [1.29, 1.82) is 0 Å². The molecule has 0 aromatic carbocycles. The van der Waals surface area contributed by atoms with Gasteiger partial charge in [-0.05, 0) is 33.8 Å². The van der Waals surface area contributed by atoms with Gasteiger partial charge in [0.25, 0.3) is 0 Å². The average molecular weight is 262 g/mol. The van der Waals surface area contributed by atoms with Crippen LogP contribution in [0.15, 0.2) is 6.07 Å². The number of nitrogens with zero attached hydrogens (tertiary/aromatic N) is 1. The number of aromatic nitrogens is 1. The molecule has 0 unspecified atom stereocenters. The summed E-state index contributed by atoms with van der Waals surface area (Å²) < 4.78 is 0. The molecule has 16 heavy (non-hydrogen) atoms. The van der Waals surface area contributed by atoms with Gasteiger partial charge in [0.15, 0.2) is 0 Å². The minimum atomic E-state index is -0.0893. The molecule has 2 N–H and O–H groups in total. The molecule has 0 atom stereocenters. The fourth-order valence-electron chi connectivity index (χ4n) is 1.20. The Labute approximate surface area is 107 Å². The van der Waals surface area contributed by atoms with Gasteiger partial charge in [-0.15, -0.1) is 0 Å². The van der Waals surface area contributed by atoms with E-state index in [9.17, 15) is 0 Å². The summed E-state index contributed by atoms with van der Waals surface area (Å²) in [6, 6.07) is 1.70. The van der Waals surface area contributed by atoms with E-state index in [0.717, 1.165) is 6.54 Å². The summed E-state index contributed by atoms with van der Waals surface area (Å²) in [5.41, 5.74) is -0.0893. The Morgan fingerprint density at radius 3 is 2.25 bits per heavy atom. The zero-order valence-corrected chi connectivity index (χ0v) is 11.5. The van der Waals surface area contributed by atoms with Crippen LogP contribution in [-0.2, 0) is 0 Å². The zero-order chi connectivity index (χ0) is 12.3. The van der Waals surface area contributed by atoms with Crippen molar-refractivity contribution in [3.8, 4) is 0 Å². The summed E-state index contributed by atoms with van der Waals surface area (Å²) >= 11 is 12.1. The Kier molecular flexibility index (Phi) is 4.28. The van der Waals surface area contributed by atoms with Gasteiger partial charge in [-0.25, -0.2) is 4.98 Å². The monoisotopic (exact) mass is 261 g/mol. The van der Waals surface area contributed by atoms with Crippen LogP contribution in [0, 0.1) is 0 Å². The van der Waals surface area contributed by atoms with Gasteiger partial charge in [0.1, 0.15) is 11.6 Å². The molecular weight excluding hydrogens is 245 g/mol. The summed E-state index contributed by atoms with van der Waals surface area (Å²) in [5, 5.41) is 7.38. The lowest BCUT2D eigenvalue weighted by atomic mass is 10.1. The Balaban J connectivity index is 3.04. The number of anilines is 2. The maximum Gasteiger partial charge on any atom is 0.147 e. The van der Waals surface area contributed by atoms with E-state index in [-0.39, 0.29) is 5.54 Å². The summed E-state index contributed by atoms with van der Waals surface area (Å²) in [7, 11) is 0. The van der Waals surface area contributed by atoms with Crippen molar-refractivity contribution in [1.82, 2.24) is 4.98 Å². The van der Waals surface area contributed by atoms with Crippen LogP contribution in [0.2, 0.25) is 10.0 Å². The van der Waals surface area contributed by atoms with E-state index >= 15 is 0 Å². The van der Waals surface area contributed by atoms with Gasteiger partial charge in [0.2, 0.25) is 0 Å². The molecular formula is C11H17Cl2N3. The molecule has 0 aliphatic rings. The molecule has 1 aromatic heterocycles. The van der Waals surface area contributed by atoms with Gasteiger partial charge < -0.3 is 10.6 Å². The molecule has 0 aliphatic carbocycles. The molecule has 0 fully saturated rings. The largest absolute Gasteiger partial charge is 0.369 e. The van der Waals surface area contributed by atoms with E-state index in [1.807, 2.05) is 27.7 Å². The van der Waals surface area contributed by atoms with Gasteiger partial charge in [0, 0.05) is 12.1 Å². The van der Waals surface area contributed by atoms with Crippen molar-refractivity contribution in [2.45, 2.75) is 33.2 Å². The third kappa shape index (κ3) is 3.72. The van der Waals surface area contributed by atoms with Gasteiger partial charge in [0.05, 0.1) is 10.0 Å². The van der Waals surface area contributed by atoms with E-state index < -0.39 is 0 Å². The highest BCUT2D eigenvalue weighted by Gasteiger charge is 2.15. The Morgan fingerprint density at radius 2 is 1.75 bits per heavy atom. The van der Waals surface area contributed by atoms with E-state index in [4.69, 9.17) is 23.2 Å². The molecule has 3 nitrogen and oxygen atoms in total. The quantitative estimate of drug-likeness (QED) is 0.863. The predicted octanol–water partition coefficient (Wildman–Crippen LogP) is 4.03. The number of hydrogen-bond donors (Lipinski definition) is 2. The molecule has 0 spiro atoms. The standard InChI is InChI=1S/C11H17Cl2N3/c1-5-14-9-7(12)6-8(13)10(15-9)16-11(2,3)4/h6H,5H2,1-4H3,(H2,14,15,16). The lowest BCUT2D eigenvalue weighted by molar-refractivity contribution is 0.630. The fraction of sp³-hybridized carbons (Fsp3) is 0.545. The van der Waals surface area contributed by atoms with Crippen LogP contribution in [0.5, 0.6) is 0 Å². The second-order valence-electron chi connectivity index (χ2n) is 4.55. The summed E-state index contributed by atoms with van der Waals surface area (Å²) in [5.74, 6) is 1.30. The Hall–Kier alpha value is -0.670. The van der Waals surface area contributed by atoms with Crippen LogP contribution in [0.25, 0.3) is 0 Å². The fourth-order valence-corrected chi connectivity index (χ4v) is 1.67. The third-order valence-corrected chi connectivity index (χ3v) is 2.34. The maximum absolute atomic E-state index is 6.07. The maximum atomic E-state index is 6.07.